The average Bonchev–Trinajstić information content (AvgIpc) is 1.97. The Hall–Kier alpha value is -0.0400. The lowest BCUT2D eigenvalue weighted by Gasteiger charge is -2.32. The Morgan fingerprint density at radius 2 is 1.67 bits per heavy atom. The molecule has 74 valence electrons. The molecule has 0 aromatic carbocycles. The van der Waals surface area contributed by atoms with Crippen molar-refractivity contribution in [2.45, 2.75) is 54.1 Å². The van der Waals surface area contributed by atoms with Crippen LogP contribution in [0.5, 0.6) is 0 Å². The predicted octanol–water partition coefficient (Wildman–Crippen LogP) is 3.48. The lowest BCUT2D eigenvalue weighted by molar-refractivity contribution is -0.00503. The fourth-order valence-electron chi connectivity index (χ4n) is 1.15. The Labute approximate surface area is 77.5 Å². The van der Waals surface area contributed by atoms with E-state index in [1.807, 2.05) is 0 Å². The normalized spacial score (nSPS) is 17.5. The van der Waals surface area contributed by atoms with E-state index in [2.05, 4.69) is 41.5 Å². The topological polar surface area (TPSA) is 9.23 Å². The minimum atomic E-state index is 0.354. The Morgan fingerprint density at radius 1 is 1.17 bits per heavy atom. The predicted molar refractivity (Wildman–Crippen MR) is 54.3 cm³/mol. The first-order valence-electron chi connectivity index (χ1n) is 5.01. The van der Waals surface area contributed by atoms with Gasteiger partial charge in [-0.2, -0.15) is 0 Å². The smallest absolute Gasteiger partial charge is 0.0577 e. The van der Waals surface area contributed by atoms with Gasteiger partial charge >= 0.3 is 0 Å². The molecule has 2 atom stereocenters. The first-order valence-corrected chi connectivity index (χ1v) is 5.01. The van der Waals surface area contributed by atoms with Gasteiger partial charge in [0.25, 0.3) is 0 Å². The van der Waals surface area contributed by atoms with Crippen LogP contribution in [0.3, 0.4) is 0 Å². The standard InChI is InChI=1S/C11H24O/c1-7-8-12-10(3)9(2)11(4,5)6/h9-10H,7-8H2,1-6H3/t9-,10+/m1/s1. The molecule has 0 aliphatic carbocycles. The van der Waals surface area contributed by atoms with Crippen LogP contribution < -0.4 is 0 Å². The van der Waals surface area contributed by atoms with Gasteiger partial charge in [0.15, 0.2) is 0 Å². The molecule has 0 saturated carbocycles. The average molecular weight is 172 g/mol. The molecular formula is C11H24O. The summed E-state index contributed by atoms with van der Waals surface area (Å²) < 4.78 is 5.68. The lowest BCUT2D eigenvalue weighted by Crippen LogP contribution is -2.29. The van der Waals surface area contributed by atoms with Gasteiger partial charge in [-0.1, -0.05) is 34.6 Å². The third-order valence-corrected chi connectivity index (χ3v) is 2.66. The van der Waals surface area contributed by atoms with E-state index in [0.29, 0.717) is 17.4 Å². The molecule has 0 aromatic heterocycles. The Kier molecular flexibility index (Phi) is 4.84. The van der Waals surface area contributed by atoms with Crippen LogP contribution in [-0.4, -0.2) is 12.7 Å². The molecule has 0 saturated heterocycles. The summed E-state index contributed by atoms with van der Waals surface area (Å²) in [6.45, 7) is 14.3. The molecule has 1 heteroatoms. The van der Waals surface area contributed by atoms with Gasteiger partial charge < -0.3 is 4.74 Å². The van der Waals surface area contributed by atoms with Crippen LogP contribution in [0.1, 0.15) is 48.0 Å². The van der Waals surface area contributed by atoms with E-state index >= 15 is 0 Å². The minimum Gasteiger partial charge on any atom is -0.378 e. The Balaban J connectivity index is 3.84. The molecule has 0 aromatic rings. The molecule has 0 radical (unpaired) electrons. The fourth-order valence-corrected chi connectivity index (χ4v) is 1.15. The maximum absolute atomic E-state index is 5.68. The van der Waals surface area contributed by atoms with Crippen molar-refractivity contribution in [2.24, 2.45) is 11.3 Å². The van der Waals surface area contributed by atoms with Gasteiger partial charge in [-0.15, -0.1) is 0 Å². The summed E-state index contributed by atoms with van der Waals surface area (Å²) in [6.07, 6.45) is 1.49. The number of hydrogen-bond donors (Lipinski definition) is 0. The molecule has 0 bridgehead atoms. The number of hydrogen-bond acceptors (Lipinski definition) is 1. The number of ether oxygens (including phenoxy) is 1. The summed E-state index contributed by atoms with van der Waals surface area (Å²) in [7, 11) is 0. The zero-order valence-electron chi connectivity index (χ0n) is 9.48. The quantitative estimate of drug-likeness (QED) is 0.631. The van der Waals surface area contributed by atoms with Gasteiger partial charge in [-0.25, -0.2) is 0 Å². The monoisotopic (exact) mass is 172 g/mol. The van der Waals surface area contributed by atoms with Crippen LogP contribution in [-0.2, 0) is 4.74 Å². The highest BCUT2D eigenvalue weighted by molar-refractivity contribution is 4.74. The second-order valence-corrected chi connectivity index (χ2v) is 4.73. The van der Waals surface area contributed by atoms with Gasteiger partial charge in [-0.05, 0) is 24.7 Å². The summed E-state index contributed by atoms with van der Waals surface area (Å²) in [5.74, 6) is 0.615. The first-order chi connectivity index (χ1) is 5.39. The van der Waals surface area contributed by atoms with E-state index < -0.39 is 0 Å². The van der Waals surface area contributed by atoms with Gasteiger partial charge in [0.2, 0.25) is 0 Å². The highest BCUT2D eigenvalue weighted by Crippen LogP contribution is 2.29. The molecule has 12 heavy (non-hydrogen) atoms. The largest absolute Gasteiger partial charge is 0.378 e. The van der Waals surface area contributed by atoms with Crippen LogP contribution in [0.25, 0.3) is 0 Å². The highest BCUT2D eigenvalue weighted by Gasteiger charge is 2.25. The van der Waals surface area contributed by atoms with E-state index in [1.165, 1.54) is 0 Å². The summed E-state index contributed by atoms with van der Waals surface area (Å²) in [5.41, 5.74) is 0.354. The van der Waals surface area contributed by atoms with Crippen molar-refractivity contribution in [3.8, 4) is 0 Å². The van der Waals surface area contributed by atoms with Crippen molar-refractivity contribution in [3.05, 3.63) is 0 Å². The van der Waals surface area contributed by atoms with E-state index in [1.54, 1.807) is 0 Å². The van der Waals surface area contributed by atoms with E-state index in [-0.39, 0.29) is 0 Å². The third kappa shape index (κ3) is 4.10. The van der Waals surface area contributed by atoms with Crippen molar-refractivity contribution in [2.75, 3.05) is 6.61 Å². The molecule has 0 unspecified atom stereocenters. The molecule has 0 aliphatic heterocycles. The minimum absolute atomic E-state index is 0.354. The lowest BCUT2D eigenvalue weighted by atomic mass is 9.79. The van der Waals surface area contributed by atoms with Crippen LogP contribution >= 0.6 is 0 Å². The van der Waals surface area contributed by atoms with Crippen LogP contribution in [0, 0.1) is 11.3 Å². The zero-order valence-corrected chi connectivity index (χ0v) is 9.48. The van der Waals surface area contributed by atoms with Crippen molar-refractivity contribution < 1.29 is 4.74 Å². The molecular weight excluding hydrogens is 148 g/mol. The first kappa shape index (κ1) is 12.0. The fraction of sp³-hybridized carbons (Fsp3) is 1.00. The molecule has 0 rings (SSSR count). The Morgan fingerprint density at radius 3 is 2.00 bits per heavy atom. The van der Waals surface area contributed by atoms with E-state index in [9.17, 15) is 0 Å². The molecule has 1 nitrogen and oxygen atoms in total. The summed E-state index contributed by atoms with van der Waals surface area (Å²) in [5, 5.41) is 0. The molecule has 0 aliphatic rings. The van der Waals surface area contributed by atoms with Gasteiger partial charge in [0, 0.05) is 6.61 Å². The van der Waals surface area contributed by atoms with Gasteiger partial charge in [0.1, 0.15) is 0 Å². The highest BCUT2D eigenvalue weighted by atomic mass is 16.5. The van der Waals surface area contributed by atoms with Crippen molar-refractivity contribution >= 4 is 0 Å². The second-order valence-electron chi connectivity index (χ2n) is 4.73. The zero-order chi connectivity index (χ0) is 9.78. The number of rotatable bonds is 4. The molecule has 0 amide bonds. The van der Waals surface area contributed by atoms with Gasteiger partial charge in [-0.3, -0.25) is 0 Å². The Bertz CT molecular complexity index is 113. The van der Waals surface area contributed by atoms with Crippen molar-refractivity contribution in [1.29, 1.82) is 0 Å². The van der Waals surface area contributed by atoms with Crippen molar-refractivity contribution in [3.63, 3.8) is 0 Å². The molecule has 0 N–H and O–H groups in total. The molecule has 0 spiro atoms. The van der Waals surface area contributed by atoms with E-state index in [0.717, 1.165) is 13.0 Å². The maximum Gasteiger partial charge on any atom is 0.0577 e. The van der Waals surface area contributed by atoms with E-state index in [4.69, 9.17) is 4.74 Å². The molecule has 0 fully saturated rings. The summed E-state index contributed by atoms with van der Waals surface area (Å²) in [4.78, 5) is 0. The summed E-state index contributed by atoms with van der Waals surface area (Å²) >= 11 is 0. The van der Waals surface area contributed by atoms with Crippen LogP contribution in [0.15, 0.2) is 0 Å². The SMILES string of the molecule is CCCO[C@@H](C)[C@@H](C)C(C)(C)C. The van der Waals surface area contributed by atoms with Gasteiger partial charge in [0.05, 0.1) is 6.10 Å². The third-order valence-electron chi connectivity index (χ3n) is 2.66. The molecule has 0 heterocycles. The second kappa shape index (κ2) is 4.86. The van der Waals surface area contributed by atoms with Crippen LogP contribution in [0.4, 0.5) is 0 Å². The summed E-state index contributed by atoms with van der Waals surface area (Å²) in [6, 6.07) is 0. The van der Waals surface area contributed by atoms with Crippen molar-refractivity contribution in [1.82, 2.24) is 0 Å². The maximum atomic E-state index is 5.68. The van der Waals surface area contributed by atoms with Crippen LogP contribution in [0.2, 0.25) is 0 Å².